The number of halogens is 2. The number of nitrogens with zero attached hydrogens (tertiary/aromatic N) is 1. The average Bonchev–Trinajstić information content (AvgIpc) is 3.36. The molecule has 4 rings (SSSR count). The zero-order chi connectivity index (χ0) is 15.1. The molecular weight excluding hydrogens is 303 g/mol. The maximum atomic E-state index is 14.7. The molecule has 2 unspecified atom stereocenters. The first-order chi connectivity index (χ1) is 10.7. The second kappa shape index (κ2) is 5.67. The molecule has 0 bridgehead atoms. The normalized spacial score (nSPS) is 25.4. The molecule has 5 heteroatoms. The van der Waals surface area contributed by atoms with Crippen molar-refractivity contribution in [3.05, 3.63) is 35.2 Å². The third-order valence-corrected chi connectivity index (χ3v) is 4.95. The van der Waals surface area contributed by atoms with Gasteiger partial charge in [-0.1, -0.05) is 11.6 Å². The highest BCUT2D eigenvalue weighted by Gasteiger charge is 2.36. The van der Waals surface area contributed by atoms with Gasteiger partial charge in [-0.3, -0.25) is 4.98 Å². The minimum atomic E-state index is -0.325. The minimum Gasteiger partial charge on any atom is -0.380 e. The van der Waals surface area contributed by atoms with Crippen LogP contribution < -0.4 is 5.32 Å². The largest absolute Gasteiger partial charge is 0.380 e. The van der Waals surface area contributed by atoms with Crippen molar-refractivity contribution in [2.45, 2.75) is 37.8 Å². The van der Waals surface area contributed by atoms with E-state index in [4.69, 9.17) is 16.3 Å². The van der Waals surface area contributed by atoms with Crippen LogP contribution in [0, 0.1) is 11.7 Å². The van der Waals surface area contributed by atoms with E-state index in [1.165, 1.54) is 19.0 Å². The van der Waals surface area contributed by atoms with Gasteiger partial charge in [0.05, 0.1) is 16.8 Å². The van der Waals surface area contributed by atoms with Gasteiger partial charge in [-0.15, -0.1) is 0 Å². The highest BCUT2D eigenvalue weighted by molar-refractivity contribution is 6.35. The zero-order valence-electron chi connectivity index (χ0n) is 12.2. The Morgan fingerprint density at radius 1 is 1.23 bits per heavy atom. The van der Waals surface area contributed by atoms with E-state index in [9.17, 15) is 4.39 Å². The van der Waals surface area contributed by atoms with E-state index in [0.29, 0.717) is 33.6 Å². The molecule has 0 amide bonds. The third-order valence-electron chi connectivity index (χ3n) is 4.62. The van der Waals surface area contributed by atoms with Gasteiger partial charge in [0.25, 0.3) is 0 Å². The molecule has 2 aliphatic rings. The molecule has 1 aromatic heterocycles. The van der Waals surface area contributed by atoms with Gasteiger partial charge < -0.3 is 10.1 Å². The second-order valence-electron chi connectivity index (χ2n) is 6.23. The predicted octanol–water partition coefficient (Wildman–Crippen LogP) is 4.40. The van der Waals surface area contributed by atoms with Gasteiger partial charge in [-0.25, -0.2) is 4.39 Å². The highest BCUT2D eigenvalue weighted by Crippen LogP contribution is 2.39. The molecule has 2 fully saturated rings. The first kappa shape index (κ1) is 14.2. The van der Waals surface area contributed by atoms with Gasteiger partial charge >= 0.3 is 0 Å². The molecule has 0 spiro atoms. The van der Waals surface area contributed by atoms with Gasteiger partial charge in [0, 0.05) is 24.2 Å². The Kier molecular flexibility index (Phi) is 3.66. The number of rotatable bonds is 3. The molecule has 1 N–H and O–H groups in total. The maximum Gasteiger partial charge on any atom is 0.172 e. The molecular formula is C17H18ClFN2O. The Labute approximate surface area is 133 Å². The van der Waals surface area contributed by atoms with Gasteiger partial charge in [0.1, 0.15) is 5.52 Å². The topological polar surface area (TPSA) is 34.1 Å². The fourth-order valence-electron chi connectivity index (χ4n) is 3.24. The van der Waals surface area contributed by atoms with Crippen molar-refractivity contribution in [3.63, 3.8) is 0 Å². The molecule has 0 radical (unpaired) electrons. The lowest BCUT2D eigenvalue weighted by Gasteiger charge is -2.31. The molecule has 22 heavy (non-hydrogen) atoms. The van der Waals surface area contributed by atoms with Crippen LogP contribution in [-0.2, 0) is 4.74 Å². The van der Waals surface area contributed by atoms with Gasteiger partial charge in [0.15, 0.2) is 5.82 Å². The fourth-order valence-corrected chi connectivity index (χ4v) is 3.45. The molecule has 2 aromatic rings. The van der Waals surface area contributed by atoms with Crippen molar-refractivity contribution >= 4 is 28.2 Å². The zero-order valence-corrected chi connectivity index (χ0v) is 12.9. The molecule has 2 heterocycles. The number of hydrogen-bond acceptors (Lipinski definition) is 3. The van der Waals surface area contributed by atoms with E-state index in [2.05, 4.69) is 10.3 Å². The van der Waals surface area contributed by atoms with Crippen molar-refractivity contribution < 1.29 is 9.13 Å². The van der Waals surface area contributed by atoms with Crippen LogP contribution in [0.4, 0.5) is 10.1 Å². The number of ether oxygens (including phenoxy) is 1. The summed E-state index contributed by atoms with van der Waals surface area (Å²) in [6, 6.07) is 5.51. The van der Waals surface area contributed by atoms with E-state index in [-0.39, 0.29) is 11.9 Å². The SMILES string of the molecule is Fc1c(NC2CCOC(C3CC3)C2)ccc2c(Cl)ccnc12. The lowest BCUT2D eigenvalue weighted by Crippen LogP contribution is -2.35. The quantitative estimate of drug-likeness (QED) is 0.910. The van der Waals surface area contributed by atoms with Gasteiger partial charge in [-0.2, -0.15) is 0 Å². The van der Waals surface area contributed by atoms with Crippen molar-refractivity contribution in [2.24, 2.45) is 5.92 Å². The monoisotopic (exact) mass is 320 g/mol. The summed E-state index contributed by atoms with van der Waals surface area (Å²) in [5.74, 6) is 0.390. The number of anilines is 1. The Morgan fingerprint density at radius 3 is 2.91 bits per heavy atom. The smallest absolute Gasteiger partial charge is 0.172 e. The van der Waals surface area contributed by atoms with Crippen LogP contribution in [0.25, 0.3) is 10.9 Å². The average molecular weight is 321 g/mol. The third kappa shape index (κ3) is 2.66. The van der Waals surface area contributed by atoms with Crippen LogP contribution in [0.3, 0.4) is 0 Å². The fraction of sp³-hybridized carbons (Fsp3) is 0.471. The van der Waals surface area contributed by atoms with Gasteiger partial charge in [-0.05, 0) is 49.8 Å². The predicted molar refractivity (Wildman–Crippen MR) is 85.8 cm³/mol. The summed E-state index contributed by atoms with van der Waals surface area (Å²) in [7, 11) is 0. The molecule has 3 nitrogen and oxygen atoms in total. The number of pyridine rings is 1. The summed E-state index contributed by atoms with van der Waals surface area (Å²) >= 11 is 6.09. The second-order valence-corrected chi connectivity index (χ2v) is 6.64. The van der Waals surface area contributed by atoms with Crippen LogP contribution in [0.15, 0.2) is 24.4 Å². The molecule has 1 aliphatic carbocycles. The first-order valence-corrected chi connectivity index (χ1v) is 8.21. The van der Waals surface area contributed by atoms with E-state index < -0.39 is 0 Å². The molecule has 1 aromatic carbocycles. The number of nitrogens with one attached hydrogen (secondary N) is 1. The van der Waals surface area contributed by atoms with Gasteiger partial charge in [0.2, 0.25) is 0 Å². The van der Waals surface area contributed by atoms with Crippen LogP contribution >= 0.6 is 11.6 Å². The lowest BCUT2D eigenvalue weighted by atomic mass is 9.99. The Hall–Kier alpha value is -1.39. The standard InChI is InChI=1S/C17H18ClFN2O/c18-13-5-7-20-17-12(13)3-4-14(16(17)19)21-11-6-8-22-15(9-11)10-1-2-10/h3-5,7,10-11,15,21H,1-2,6,8-9H2. The van der Waals surface area contributed by atoms with Crippen LogP contribution in [-0.4, -0.2) is 23.7 Å². The summed E-state index contributed by atoms with van der Waals surface area (Å²) in [6.45, 7) is 0.748. The summed E-state index contributed by atoms with van der Waals surface area (Å²) in [5, 5.41) is 4.51. The Bertz CT molecular complexity index is 704. The molecule has 2 atom stereocenters. The van der Waals surface area contributed by atoms with E-state index in [1.807, 2.05) is 6.07 Å². The minimum absolute atomic E-state index is 0.255. The summed E-state index contributed by atoms with van der Waals surface area (Å²) in [5.41, 5.74) is 0.826. The van der Waals surface area contributed by atoms with E-state index in [1.54, 1.807) is 12.1 Å². The Balaban J connectivity index is 1.57. The molecule has 1 saturated heterocycles. The maximum absolute atomic E-state index is 14.7. The lowest BCUT2D eigenvalue weighted by molar-refractivity contribution is -0.00222. The molecule has 1 saturated carbocycles. The first-order valence-electron chi connectivity index (χ1n) is 7.83. The van der Waals surface area contributed by atoms with Crippen molar-refractivity contribution in [2.75, 3.05) is 11.9 Å². The summed E-state index contributed by atoms with van der Waals surface area (Å²) < 4.78 is 20.5. The van der Waals surface area contributed by atoms with E-state index >= 15 is 0 Å². The number of fused-ring (bicyclic) bond motifs is 1. The highest BCUT2D eigenvalue weighted by atomic mass is 35.5. The number of aromatic nitrogens is 1. The van der Waals surface area contributed by atoms with E-state index in [0.717, 1.165) is 19.4 Å². The van der Waals surface area contributed by atoms with Crippen LogP contribution in [0.1, 0.15) is 25.7 Å². The number of hydrogen-bond donors (Lipinski definition) is 1. The van der Waals surface area contributed by atoms with Crippen molar-refractivity contribution in [1.29, 1.82) is 0 Å². The van der Waals surface area contributed by atoms with Crippen LogP contribution in [0.2, 0.25) is 5.02 Å². The van der Waals surface area contributed by atoms with Crippen LogP contribution in [0.5, 0.6) is 0 Å². The number of benzene rings is 1. The summed E-state index contributed by atoms with van der Waals surface area (Å²) in [6.07, 6.45) is 6.26. The van der Waals surface area contributed by atoms with Crippen molar-refractivity contribution in [3.8, 4) is 0 Å². The summed E-state index contributed by atoms with van der Waals surface area (Å²) in [4.78, 5) is 4.12. The Morgan fingerprint density at radius 2 is 2.09 bits per heavy atom. The molecule has 1 aliphatic heterocycles. The van der Waals surface area contributed by atoms with Crippen molar-refractivity contribution in [1.82, 2.24) is 4.98 Å². The molecule has 116 valence electrons.